The molecule has 34 heavy (non-hydrogen) atoms. The molecule has 4 aromatic rings. The third kappa shape index (κ3) is 3.79. The van der Waals surface area contributed by atoms with Gasteiger partial charge in [0.2, 0.25) is 0 Å². The van der Waals surface area contributed by atoms with Crippen LogP contribution in [-0.4, -0.2) is 18.4 Å². The predicted octanol–water partition coefficient (Wildman–Crippen LogP) is 5.77. The number of carbonyl (C=O) groups is 2. The summed E-state index contributed by atoms with van der Waals surface area (Å²) < 4.78 is 19.0. The number of nitrogens with zero attached hydrogens (tertiary/aromatic N) is 1. The lowest BCUT2D eigenvalue weighted by Crippen LogP contribution is -2.32. The summed E-state index contributed by atoms with van der Waals surface area (Å²) in [6.45, 7) is 2.41. The summed E-state index contributed by atoms with van der Waals surface area (Å²) in [7, 11) is 0. The number of carbonyl (C=O) groups excluding carboxylic acids is 2. The lowest BCUT2D eigenvalue weighted by molar-refractivity contribution is -0.120. The first-order chi connectivity index (χ1) is 16.6. The van der Waals surface area contributed by atoms with Crippen molar-refractivity contribution in [2.75, 3.05) is 16.8 Å². The van der Waals surface area contributed by atoms with Crippen molar-refractivity contribution in [1.29, 1.82) is 0 Å². The molecule has 1 aliphatic heterocycles. The average molecular weight is 452 g/mol. The topological polar surface area (TPSA) is 58.6 Å². The van der Waals surface area contributed by atoms with Gasteiger partial charge in [0.25, 0.3) is 11.8 Å². The van der Waals surface area contributed by atoms with Crippen LogP contribution in [0.25, 0.3) is 16.3 Å². The quantitative estimate of drug-likeness (QED) is 0.377. The molecule has 0 aromatic heterocycles. The van der Waals surface area contributed by atoms with Crippen LogP contribution in [-0.2, 0) is 9.59 Å². The number of fused-ring (bicyclic) bond motifs is 1. The maximum Gasteiger partial charge on any atom is 0.282 e. The summed E-state index contributed by atoms with van der Waals surface area (Å²) in [4.78, 5) is 28.2. The number of benzene rings is 4. The molecule has 0 atom stereocenters. The third-order valence-corrected chi connectivity index (χ3v) is 5.67. The van der Waals surface area contributed by atoms with E-state index in [4.69, 9.17) is 4.74 Å². The van der Waals surface area contributed by atoms with E-state index in [-0.39, 0.29) is 11.3 Å². The smallest absolute Gasteiger partial charge is 0.282 e. The van der Waals surface area contributed by atoms with Crippen LogP contribution in [0.4, 0.5) is 15.8 Å². The standard InChI is InChI=1S/C28H21FN2O3/c1-2-34-22-16-10-19(11-17-22)25-26(30-24-9-5-7-18-6-3-4-8-23(18)24)28(33)31(27(25)32)21-14-12-20(29)13-15-21/h3-17,30H,2H2,1H3. The van der Waals surface area contributed by atoms with E-state index in [1.54, 1.807) is 24.3 Å². The second kappa shape index (κ2) is 8.83. The van der Waals surface area contributed by atoms with Gasteiger partial charge in [0, 0.05) is 11.1 Å². The summed E-state index contributed by atoms with van der Waals surface area (Å²) in [6, 6.07) is 25.9. The lowest BCUT2D eigenvalue weighted by atomic mass is 10.0. The van der Waals surface area contributed by atoms with Gasteiger partial charge >= 0.3 is 0 Å². The van der Waals surface area contributed by atoms with E-state index < -0.39 is 17.6 Å². The molecular weight excluding hydrogens is 431 g/mol. The van der Waals surface area contributed by atoms with E-state index in [1.165, 1.54) is 24.3 Å². The Kier molecular flexibility index (Phi) is 5.55. The molecular formula is C28H21FN2O3. The molecule has 6 heteroatoms. The minimum Gasteiger partial charge on any atom is -0.494 e. The predicted molar refractivity (Wildman–Crippen MR) is 131 cm³/mol. The molecule has 5 nitrogen and oxygen atoms in total. The summed E-state index contributed by atoms with van der Waals surface area (Å²) >= 11 is 0. The highest BCUT2D eigenvalue weighted by atomic mass is 19.1. The van der Waals surface area contributed by atoms with Gasteiger partial charge in [-0.2, -0.15) is 0 Å². The molecule has 0 bridgehead atoms. The number of halogens is 1. The van der Waals surface area contributed by atoms with Gasteiger partial charge in [-0.15, -0.1) is 0 Å². The molecule has 0 unspecified atom stereocenters. The normalized spacial score (nSPS) is 13.6. The van der Waals surface area contributed by atoms with Crippen molar-refractivity contribution in [3.63, 3.8) is 0 Å². The van der Waals surface area contributed by atoms with Crippen LogP contribution in [0.3, 0.4) is 0 Å². The maximum atomic E-state index is 13.6. The van der Waals surface area contributed by atoms with E-state index in [0.29, 0.717) is 29.3 Å². The highest BCUT2D eigenvalue weighted by molar-refractivity contribution is 6.46. The Morgan fingerprint density at radius 2 is 1.53 bits per heavy atom. The molecule has 1 heterocycles. The van der Waals surface area contributed by atoms with Crippen LogP contribution in [0.15, 0.2) is 96.7 Å². The molecule has 0 spiro atoms. The number of hydrogen-bond acceptors (Lipinski definition) is 4. The fourth-order valence-corrected chi connectivity index (χ4v) is 4.09. The first kappa shape index (κ1) is 21.4. The SMILES string of the molecule is CCOc1ccc(C2=C(Nc3cccc4ccccc34)C(=O)N(c3ccc(F)cc3)C2=O)cc1. The summed E-state index contributed by atoms with van der Waals surface area (Å²) in [5.41, 5.74) is 1.99. The van der Waals surface area contributed by atoms with E-state index in [0.717, 1.165) is 15.7 Å². The zero-order valence-corrected chi connectivity index (χ0v) is 18.4. The second-order valence-electron chi connectivity index (χ2n) is 7.78. The highest BCUT2D eigenvalue weighted by Crippen LogP contribution is 2.35. The maximum absolute atomic E-state index is 13.6. The highest BCUT2D eigenvalue weighted by Gasteiger charge is 2.40. The third-order valence-electron chi connectivity index (χ3n) is 5.67. The second-order valence-corrected chi connectivity index (χ2v) is 7.78. The Labute approximate surface area is 196 Å². The molecule has 0 aliphatic carbocycles. The van der Waals surface area contributed by atoms with Crippen molar-refractivity contribution in [2.24, 2.45) is 0 Å². The molecule has 0 saturated carbocycles. The van der Waals surface area contributed by atoms with Crippen LogP contribution in [0.5, 0.6) is 5.75 Å². The first-order valence-corrected chi connectivity index (χ1v) is 10.9. The van der Waals surface area contributed by atoms with Crippen LogP contribution in [0.1, 0.15) is 12.5 Å². The van der Waals surface area contributed by atoms with Crippen molar-refractivity contribution in [3.8, 4) is 5.75 Å². The van der Waals surface area contributed by atoms with Gasteiger partial charge in [-0.1, -0.05) is 48.5 Å². The Bertz CT molecular complexity index is 1420. The number of imide groups is 1. The summed E-state index contributed by atoms with van der Waals surface area (Å²) in [5.74, 6) is -0.767. The fraction of sp³-hybridized carbons (Fsp3) is 0.0714. The number of nitrogens with one attached hydrogen (secondary N) is 1. The average Bonchev–Trinajstić information content (AvgIpc) is 3.10. The molecule has 0 radical (unpaired) electrons. The number of rotatable bonds is 6. The Hall–Kier alpha value is -4.45. The molecule has 4 aromatic carbocycles. The Morgan fingerprint density at radius 1 is 0.824 bits per heavy atom. The number of hydrogen-bond donors (Lipinski definition) is 1. The number of anilines is 2. The van der Waals surface area contributed by atoms with Crippen molar-refractivity contribution in [2.45, 2.75) is 6.92 Å². The van der Waals surface area contributed by atoms with Crippen molar-refractivity contribution in [3.05, 3.63) is 108 Å². The Balaban J connectivity index is 1.63. The monoisotopic (exact) mass is 452 g/mol. The van der Waals surface area contributed by atoms with E-state index >= 15 is 0 Å². The van der Waals surface area contributed by atoms with Crippen LogP contribution < -0.4 is 15.0 Å². The molecule has 2 amide bonds. The summed E-state index contributed by atoms with van der Waals surface area (Å²) in [5, 5.41) is 5.15. The van der Waals surface area contributed by atoms with E-state index in [1.807, 2.05) is 49.4 Å². The largest absolute Gasteiger partial charge is 0.494 e. The first-order valence-electron chi connectivity index (χ1n) is 10.9. The molecule has 5 rings (SSSR count). The molecule has 1 aliphatic rings. The summed E-state index contributed by atoms with van der Waals surface area (Å²) in [6.07, 6.45) is 0. The van der Waals surface area contributed by atoms with Crippen LogP contribution in [0.2, 0.25) is 0 Å². The van der Waals surface area contributed by atoms with Gasteiger partial charge in [-0.05, 0) is 60.3 Å². The molecule has 1 N–H and O–H groups in total. The fourth-order valence-electron chi connectivity index (χ4n) is 4.09. The number of ether oxygens (including phenoxy) is 1. The zero-order valence-electron chi connectivity index (χ0n) is 18.4. The zero-order chi connectivity index (χ0) is 23.7. The van der Waals surface area contributed by atoms with Crippen molar-refractivity contribution in [1.82, 2.24) is 0 Å². The van der Waals surface area contributed by atoms with Gasteiger partial charge in [0.15, 0.2) is 0 Å². The van der Waals surface area contributed by atoms with E-state index in [9.17, 15) is 14.0 Å². The molecule has 0 saturated heterocycles. The van der Waals surface area contributed by atoms with Crippen molar-refractivity contribution >= 4 is 39.5 Å². The lowest BCUT2D eigenvalue weighted by Gasteiger charge is -2.15. The Morgan fingerprint density at radius 3 is 2.26 bits per heavy atom. The van der Waals surface area contributed by atoms with E-state index in [2.05, 4.69) is 5.32 Å². The van der Waals surface area contributed by atoms with Gasteiger partial charge in [-0.3, -0.25) is 9.59 Å². The molecule has 168 valence electrons. The van der Waals surface area contributed by atoms with Gasteiger partial charge in [0.1, 0.15) is 17.3 Å². The van der Waals surface area contributed by atoms with Crippen molar-refractivity contribution < 1.29 is 18.7 Å². The van der Waals surface area contributed by atoms with Gasteiger partial charge in [-0.25, -0.2) is 9.29 Å². The minimum absolute atomic E-state index is 0.162. The molecule has 0 fully saturated rings. The number of amides is 2. The van der Waals surface area contributed by atoms with Crippen LogP contribution >= 0.6 is 0 Å². The van der Waals surface area contributed by atoms with Gasteiger partial charge in [0.05, 0.1) is 17.9 Å². The minimum atomic E-state index is -0.506. The van der Waals surface area contributed by atoms with Gasteiger partial charge < -0.3 is 10.1 Å². The van der Waals surface area contributed by atoms with Crippen LogP contribution in [0, 0.1) is 5.82 Å².